The molecule has 0 heterocycles. The Morgan fingerprint density at radius 2 is 1.36 bits per heavy atom. The Bertz CT molecular complexity index is 133. The Balaban J connectivity index is 1.79. The second-order valence-electron chi connectivity index (χ2n) is 5.01. The highest BCUT2D eigenvalue weighted by Crippen LogP contribution is 2.46. The fraction of sp³-hybridized carbons (Fsp3) is 1.00. The van der Waals surface area contributed by atoms with E-state index >= 15 is 0 Å². The van der Waals surface area contributed by atoms with E-state index in [0.717, 1.165) is 23.7 Å². The first-order valence-electron chi connectivity index (χ1n) is 5.25. The molecule has 0 aromatic heterocycles. The zero-order valence-corrected chi connectivity index (χ0v) is 7.84. The second-order valence-corrected chi connectivity index (χ2v) is 5.01. The molecule has 0 amide bonds. The summed E-state index contributed by atoms with van der Waals surface area (Å²) in [4.78, 5) is 0. The third kappa shape index (κ3) is 1.45. The zero-order valence-electron chi connectivity index (χ0n) is 7.84. The van der Waals surface area contributed by atoms with Gasteiger partial charge in [0.1, 0.15) is 0 Å². The van der Waals surface area contributed by atoms with Gasteiger partial charge in [-0.05, 0) is 49.4 Å². The largest absolute Gasteiger partial charge is 0.0625 e. The monoisotopic (exact) mass is 152 g/mol. The SMILES string of the molecule is CC1CCC(C2CC(C)C2)C1. The van der Waals surface area contributed by atoms with E-state index in [4.69, 9.17) is 0 Å². The van der Waals surface area contributed by atoms with Gasteiger partial charge in [-0.15, -0.1) is 0 Å². The summed E-state index contributed by atoms with van der Waals surface area (Å²) in [5, 5.41) is 0. The summed E-state index contributed by atoms with van der Waals surface area (Å²) in [6, 6.07) is 0. The molecule has 0 nitrogen and oxygen atoms in total. The number of rotatable bonds is 1. The number of hydrogen-bond donors (Lipinski definition) is 0. The normalized spacial score (nSPS) is 50.7. The molecule has 0 N–H and O–H groups in total. The van der Waals surface area contributed by atoms with Crippen LogP contribution < -0.4 is 0 Å². The third-order valence-electron chi connectivity index (χ3n) is 3.81. The smallest absolute Gasteiger partial charge is 0.0381 e. The van der Waals surface area contributed by atoms with Crippen LogP contribution in [-0.4, -0.2) is 0 Å². The molecular formula is C11H20. The lowest BCUT2D eigenvalue weighted by atomic mass is 9.69. The van der Waals surface area contributed by atoms with Crippen LogP contribution in [0.3, 0.4) is 0 Å². The van der Waals surface area contributed by atoms with Crippen LogP contribution in [0.15, 0.2) is 0 Å². The molecule has 0 bridgehead atoms. The van der Waals surface area contributed by atoms with Crippen LogP contribution in [0.2, 0.25) is 0 Å². The molecule has 2 unspecified atom stereocenters. The molecule has 11 heavy (non-hydrogen) atoms. The highest BCUT2D eigenvalue weighted by molar-refractivity contribution is 4.86. The van der Waals surface area contributed by atoms with Gasteiger partial charge < -0.3 is 0 Å². The van der Waals surface area contributed by atoms with Gasteiger partial charge in [0, 0.05) is 0 Å². The Kier molecular flexibility index (Phi) is 1.95. The Hall–Kier alpha value is 0. The van der Waals surface area contributed by atoms with Crippen LogP contribution in [0.5, 0.6) is 0 Å². The maximum absolute atomic E-state index is 2.42. The molecule has 0 radical (unpaired) electrons. The first-order valence-corrected chi connectivity index (χ1v) is 5.25. The molecule has 0 aliphatic heterocycles. The van der Waals surface area contributed by atoms with Gasteiger partial charge in [-0.3, -0.25) is 0 Å². The lowest BCUT2D eigenvalue weighted by molar-refractivity contribution is 0.137. The minimum atomic E-state index is 1.04. The average molecular weight is 152 g/mol. The van der Waals surface area contributed by atoms with Gasteiger partial charge in [-0.25, -0.2) is 0 Å². The van der Waals surface area contributed by atoms with E-state index in [1.807, 2.05) is 0 Å². The Labute approximate surface area is 70.4 Å². The van der Waals surface area contributed by atoms with Gasteiger partial charge in [0.25, 0.3) is 0 Å². The predicted octanol–water partition coefficient (Wildman–Crippen LogP) is 3.47. The zero-order chi connectivity index (χ0) is 7.84. The fourth-order valence-electron chi connectivity index (χ4n) is 3.03. The molecule has 2 rings (SSSR count). The Morgan fingerprint density at radius 1 is 0.727 bits per heavy atom. The van der Waals surface area contributed by atoms with E-state index in [2.05, 4.69) is 13.8 Å². The molecule has 0 spiro atoms. The van der Waals surface area contributed by atoms with E-state index in [0.29, 0.717) is 0 Å². The molecule has 0 heteroatoms. The molecule has 64 valence electrons. The topological polar surface area (TPSA) is 0 Å². The molecule has 0 saturated heterocycles. The summed E-state index contributed by atoms with van der Waals surface area (Å²) >= 11 is 0. The molecule has 2 fully saturated rings. The summed E-state index contributed by atoms with van der Waals surface area (Å²) in [6.45, 7) is 4.82. The van der Waals surface area contributed by atoms with Crippen LogP contribution in [0.25, 0.3) is 0 Å². The van der Waals surface area contributed by atoms with Gasteiger partial charge in [-0.1, -0.05) is 20.3 Å². The summed E-state index contributed by atoms with van der Waals surface area (Å²) in [6.07, 6.45) is 7.67. The maximum Gasteiger partial charge on any atom is -0.0381 e. The van der Waals surface area contributed by atoms with Crippen molar-refractivity contribution < 1.29 is 0 Å². The minimum absolute atomic E-state index is 1.04. The molecule has 0 aromatic carbocycles. The van der Waals surface area contributed by atoms with Crippen LogP contribution in [0.4, 0.5) is 0 Å². The van der Waals surface area contributed by atoms with Crippen molar-refractivity contribution in [2.45, 2.75) is 46.0 Å². The molecular weight excluding hydrogens is 132 g/mol. The highest BCUT2D eigenvalue weighted by Gasteiger charge is 2.35. The summed E-state index contributed by atoms with van der Waals surface area (Å²) in [7, 11) is 0. The van der Waals surface area contributed by atoms with Gasteiger partial charge in [0.05, 0.1) is 0 Å². The van der Waals surface area contributed by atoms with Crippen molar-refractivity contribution in [2.75, 3.05) is 0 Å². The van der Waals surface area contributed by atoms with Gasteiger partial charge >= 0.3 is 0 Å². The van der Waals surface area contributed by atoms with Crippen LogP contribution in [-0.2, 0) is 0 Å². The van der Waals surface area contributed by atoms with Crippen molar-refractivity contribution in [1.82, 2.24) is 0 Å². The van der Waals surface area contributed by atoms with Gasteiger partial charge in [-0.2, -0.15) is 0 Å². The third-order valence-corrected chi connectivity index (χ3v) is 3.81. The molecule has 0 aromatic rings. The van der Waals surface area contributed by atoms with Crippen LogP contribution >= 0.6 is 0 Å². The van der Waals surface area contributed by atoms with E-state index in [-0.39, 0.29) is 0 Å². The molecule has 2 saturated carbocycles. The van der Waals surface area contributed by atoms with Gasteiger partial charge in [0.2, 0.25) is 0 Å². The van der Waals surface area contributed by atoms with E-state index in [1.165, 1.54) is 25.7 Å². The fourth-order valence-corrected chi connectivity index (χ4v) is 3.03. The van der Waals surface area contributed by atoms with Crippen LogP contribution in [0, 0.1) is 23.7 Å². The quantitative estimate of drug-likeness (QED) is 0.539. The standard InChI is InChI=1S/C11H20/c1-8-3-4-10(5-8)11-6-9(2)7-11/h8-11H,3-7H2,1-2H3. The Morgan fingerprint density at radius 3 is 1.82 bits per heavy atom. The van der Waals surface area contributed by atoms with Crippen molar-refractivity contribution in [2.24, 2.45) is 23.7 Å². The maximum atomic E-state index is 2.42. The first-order chi connectivity index (χ1) is 5.25. The van der Waals surface area contributed by atoms with Crippen molar-refractivity contribution in [3.63, 3.8) is 0 Å². The summed E-state index contributed by atoms with van der Waals surface area (Å²) in [5.41, 5.74) is 0. The number of hydrogen-bond acceptors (Lipinski definition) is 0. The summed E-state index contributed by atoms with van der Waals surface area (Å²) in [5.74, 6) is 4.35. The highest BCUT2D eigenvalue weighted by atomic mass is 14.4. The minimum Gasteiger partial charge on any atom is -0.0625 e. The molecule has 2 aliphatic rings. The van der Waals surface area contributed by atoms with Gasteiger partial charge in [0.15, 0.2) is 0 Å². The molecule has 2 atom stereocenters. The lowest BCUT2D eigenvalue weighted by Gasteiger charge is -2.37. The first kappa shape index (κ1) is 7.64. The second kappa shape index (κ2) is 2.80. The van der Waals surface area contributed by atoms with Crippen molar-refractivity contribution in [3.05, 3.63) is 0 Å². The molecule has 2 aliphatic carbocycles. The predicted molar refractivity (Wildman–Crippen MR) is 48.4 cm³/mol. The average Bonchev–Trinajstić information content (AvgIpc) is 2.29. The van der Waals surface area contributed by atoms with E-state index in [9.17, 15) is 0 Å². The van der Waals surface area contributed by atoms with E-state index in [1.54, 1.807) is 6.42 Å². The van der Waals surface area contributed by atoms with Crippen molar-refractivity contribution >= 4 is 0 Å². The van der Waals surface area contributed by atoms with E-state index < -0.39 is 0 Å². The van der Waals surface area contributed by atoms with Crippen molar-refractivity contribution in [1.29, 1.82) is 0 Å². The summed E-state index contributed by atoms with van der Waals surface area (Å²) < 4.78 is 0. The van der Waals surface area contributed by atoms with Crippen molar-refractivity contribution in [3.8, 4) is 0 Å². The van der Waals surface area contributed by atoms with Crippen LogP contribution in [0.1, 0.15) is 46.0 Å². The lowest BCUT2D eigenvalue weighted by Crippen LogP contribution is -2.27.